The maximum absolute atomic E-state index is 12.0. The molecule has 22 heavy (non-hydrogen) atoms. The van der Waals surface area contributed by atoms with Crippen LogP contribution in [-0.2, 0) is 11.2 Å². The Labute approximate surface area is 128 Å². The van der Waals surface area contributed by atoms with E-state index in [1.54, 1.807) is 18.2 Å². The lowest BCUT2D eigenvalue weighted by Gasteiger charge is -2.06. The highest BCUT2D eigenvalue weighted by Crippen LogP contribution is 2.32. The molecular formula is C17H17NO4. The van der Waals surface area contributed by atoms with Gasteiger partial charge in [-0.15, -0.1) is 0 Å². The highest BCUT2D eigenvalue weighted by Gasteiger charge is 2.16. The van der Waals surface area contributed by atoms with Gasteiger partial charge in [0, 0.05) is 11.4 Å². The van der Waals surface area contributed by atoms with E-state index in [4.69, 9.17) is 14.2 Å². The highest BCUT2D eigenvalue weighted by atomic mass is 16.7. The molecule has 0 fully saturated rings. The second kappa shape index (κ2) is 6.47. The summed E-state index contributed by atoms with van der Waals surface area (Å²) in [6.45, 7) is 2.52. The number of ether oxygens (including phenoxy) is 3. The Hall–Kier alpha value is -2.56. The number of carbonyl (C=O) groups is 1. The van der Waals surface area contributed by atoms with Crippen molar-refractivity contribution in [3.8, 4) is 11.5 Å². The van der Waals surface area contributed by atoms with Crippen molar-refractivity contribution in [1.29, 1.82) is 0 Å². The lowest BCUT2D eigenvalue weighted by atomic mass is 10.2. The Morgan fingerprint density at radius 3 is 2.95 bits per heavy atom. The molecule has 0 amide bonds. The second-order valence-corrected chi connectivity index (χ2v) is 5.08. The van der Waals surface area contributed by atoms with Crippen LogP contribution in [0.25, 0.3) is 0 Å². The Kier molecular flexibility index (Phi) is 4.23. The summed E-state index contributed by atoms with van der Waals surface area (Å²) in [5.74, 6) is 0.885. The number of fused-ring (bicyclic) bond motifs is 1. The summed E-state index contributed by atoms with van der Waals surface area (Å²) in [4.78, 5) is 16.4. The molecule has 2 aromatic rings. The number of carbonyl (C=O) groups excluding carboxylic acids is 1. The van der Waals surface area contributed by atoms with Crippen LogP contribution in [0.4, 0.5) is 0 Å². The minimum atomic E-state index is -0.351. The summed E-state index contributed by atoms with van der Waals surface area (Å²) < 4.78 is 15.7. The summed E-state index contributed by atoms with van der Waals surface area (Å²) in [6.07, 6.45) is 1.53. The van der Waals surface area contributed by atoms with Gasteiger partial charge in [0.15, 0.2) is 11.5 Å². The van der Waals surface area contributed by atoms with Crippen molar-refractivity contribution in [1.82, 2.24) is 4.98 Å². The molecule has 5 nitrogen and oxygen atoms in total. The van der Waals surface area contributed by atoms with Crippen LogP contribution in [0.15, 0.2) is 36.4 Å². The Balaban J connectivity index is 1.48. The second-order valence-electron chi connectivity index (χ2n) is 5.08. The van der Waals surface area contributed by atoms with Gasteiger partial charge in [0.25, 0.3) is 0 Å². The van der Waals surface area contributed by atoms with Gasteiger partial charge in [-0.1, -0.05) is 6.07 Å². The first-order valence-electron chi connectivity index (χ1n) is 7.22. The van der Waals surface area contributed by atoms with E-state index in [-0.39, 0.29) is 12.8 Å². The van der Waals surface area contributed by atoms with Crippen molar-refractivity contribution in [3.05, 3.63) is 53.3 Å². The van der Waals surface area contributed by atoms with Crippen LogP contribution in [0.3, 0.4) is 0 Å². The molecule has 0 atom stereocenters. The van der Waals surface area contributed by atoms with Crippen LogP contribution in [0.2, 0.25) is 0 Å². The zero-order valence-electron chi connectivity index (χ0n) is 12.4. The smallest absolute Gasteiger partial charge is 0.338 e. The van der Waals surface area contributed by atoms with Crippen molar-refractivity contribution in [2.45, 2.75) is 19.8 Å². The van der Waals surface area contributed by atoms with E-state index in [0.29, 0.717) is 23.7 Å². The van der Waals surface area contributed by atoms with Crippen molar-refractivity contribution >= 4 is 5.97 Å². The van der Waals surface area contributed by atoms with Gasteiger partial charge in [0.1, 0.15) is 0 Å². The first-order valence-corrected chi connectivity index (χ1v) is 7.22. The van der Waals surface area contributed by atoms with E-state index in [9.17, 15) is 4.79 Å². The zero-order chi connectivity index (χ0) is 15.4. The molecule has 0 radical (unpaired) electrons. The Morgan fingerprint density at radius 2 is 2.09 bits per heavy atom. The first-order chi connectivity index (χ1) is 10.7. The summed E-state index contributed by atoms with van der Waals surface area (Å²) >= 11 is 0. The first kappa shape index (κ1) is 14.4. The van der Waals surface area contributed by atoms with Gasteiger partial charge in [-0.05, 0) is 50.1 Å². The van der Waals surface area contributed by atoms with Gasteiger partial charge in [0.05, 0.1) is 12.2 Å². The summed E-state index contributed by atoms with van der Waals surface area (Å²) in [5, 5.41) is 0. The number of pyridine rings is 1. The number of aromatic nitrogens is 1. The van der Waals surface area contributed by atoms with Gasteiger partial charge in [0.2, 0.25) is 6.79 Å². The molecule has 0 unspecified atom stereocenters. The van der Waals surface area contributed by atoms with E-state index in [1.165, 1.54) is 0 Å². The third-order valence-electron chi connectivity index (χ3n) is 3.36. The van der Waals surface area contributed by atoms with Crippen LogP contribution < -0.4 is 9.47 Å². The Bertz CT molecular complexity index is 684. The quantitative estimate of drug-likeness (QED) is 0.627. The van der Waals surface area contributed by atoms with Crippen molar-refractivity contribution in [3.63, 3.8) is 0 Å². The fourth-order valence-electron chi connectivity index (χ4n) is 2.26. The average Bonchev–Trinajstić information content (AvgIpc) is 2.99. The van der Waals surface area contributed by atoms with E-state index < -0.39 is 0 Å². The molecule has 0 saturated heterocycles. The van der Waals surface area contributed by atoms with Crippen LogP contribution >= 0.6 is 0 Å². The molecule has 0 N–H and O–H groups in total. The predicted octanol–water partition coefficient (Wildman–Crippen LogP) is 2.91. The number of hydrogen-bond donors (Lipinski definition) is 0. The third kappa shape index (κ3) is 3.36. The molecular weight excluding hydrogens is 282 g/mol. The van der Waals surface area contributed by atoms with E-state index in [2.05, 4.69) is 4.98 Å². The maximum atomic E-state index is 12.0. The van der Waals surface area contributed by atoms with Crippen molar-refractivity contribution in [2.24, 2.45) is 0 Å². The van der Waals surface area contributed by atoms with Gasteiger partial charge in [-0.3, -0.25) is 4.98 Å². The number of hydrogen-bond acceptors (Lipinski definition) is 5. The van der Waals surface area contributed by atoms with Gasteiger partial charge in [-0.2, -0.15) is 0 Å². The molecule has 2 heterocycles. The monoisotopic (exact) mass is 299 g/mol. The van der Waals surface area contributed by atoms with Gasteiger partial charge < -0.3 is 14.2 Å². The average molecular weight is 299 g/mol. The molecule has 114 valence electrons. The fourth-order valence-corrected chi connectivity index (χ4v) is 2.26. The lowest BCUT2D eigenvalue weighted by Crippen LogP contribution is -2.07. The maximum Gasteiger partial charge on any atom is 0.338 e. The van der Waals surface area contributed by atoms with Crippen molar-refractivity contribution < 1.29 is 19.0 Å². The molecule has 1 aromatic heterocycles. The number of aryl methyl sites for hydroxylation is 2. The van der Waals surface area contributed by atoms with Gasteiger partial charge in [-0.25, -0.2) is 4.79 Å². The lowest BCUT2D eigenvalue weighted by molar-refractivity contribution is 0.0500. The van der Waals surface area contributed by atoms with Gasteiger partial charge >= 0.3 is 5.97 Å². The minimum absolute atomic E-state index is 0.192. The molecule has 3 rings (SSSR count). The summed E-state index contributed by atoms with van der Waals surface area (Å²) in [5.41, 5.74) is 2.48. The molecule has 0 spiro atoms. The van der Waals surface area contributed by atoms with Crippen molar-refractivity contribution in [2.75, 3.05) is 13.4 Å². The van der Waals surface area contributed by atoms with E-state index >= 15 is 0 Å². The number of rotatable bonds is 5. The van der Waals surface area contributed by atoms with Crippen LogP contribution in [0.5, 0.6) is 11.5 Å². The number of benzene rings is 1. The molecule has 1 aliphatic heterocycles. The molecule has 0 aliphatic carbocycles. The highest BCUT2D eigenvalue weighted by molar-refractivity contribution is 5.90. The molecule has 0 bridgehead atoms. The predicted molar refractivity (Wildman–Crippen MR) is 80.1 cm³/mol. The third-order valence-corrected chi connectivity index (χ3v) is 3.36. The number of nitrogens with zero attached hydrogens (tertiary/aromatic N) is 1. The largest absolute Gasteiger partial charge is 0.462 e. The SMILES string of the molecule is Cc1cccc(CCCOC(=O)c2ccc3c(c2)OCO3)n1. The molecule has 1 aromatic carbocycles. The van der Waals surface area contributed by atoms with E-state index in [0.717, 1.165) is 24.2 Å². The topological polar surface area (TPSA) is 57.7 Å². The number of esters is 1. The van der Waals surface area contributed by atoms with Crippen LogP contribution in [0, 0.1) is 6.92 Å². The van der Waals surface area contributed by atoms with Crippen LogP contribution in [0.1, 0.15) is 28.2 Å². The standard InChI is InChI=1S/C17H17NO4/c1-12-4-2-5-14(18-12)6-3-9-20-17(19)13-7-8-15-16(10-13)22-11-21-15/h2,4-5,7-8,10H,3,6,9,11H2,1H3. The summed E-state index contributed by atoms with van der Waals surface area (Å²) in [7, 11) is 0. The molecule has 0 saturated carbocycles. The molecule has 5 heteroatoms. The van der Waals surface area contributed by atoms with Crippen LogP contribution in [-0.4, -0.2) is 24.4 Å². The molecule has 1 aliphatic rings. The summed E-state index contributed by atoms with van der Waals surface area (Å²) in [6, 6.07) is 11.0. The normalized spacial score (nSPS) is 12.2. The minimum Gasteiger partial charge on any atom is -0.462 e. The fraction of sp³-hybridized carbons (Fsp3) is 0.294. The Morgan fingerprint density at radius 1 is 1.23 bits per heavy atom. The zero-order valence-corrected chi connectivity index (χ0v) is 12.4. The van der Waals surface area contributed by atoms with E-state index in [1.807, 2.05) is 25.1 Å².